The van der Waals surface area contributed by atoms with Crippen molar-refractivity contribution >= 4 is 11.9 Å². The van der Waals surface area contributed by atoms with Crippen LogP contribution in [0.2, 0.25) is 0 Å². The summed E-state index contributed by atoms with van der Waals surface area (Å²) in [5.74, 6) is -0.105. The standard InChI is InChI=1S/C16H23NO5/c1-5-22-12-7-6-11(10-13(12)21-4)15(20)17-16(2,3)9-8-14(18)19/h6-7,10H,5,8-9H2,1-4H3,(H,17,20)(H,18,19). The molecule has 0 aliphatic heterocycles. The van der Waals surface area contributed by atoms with E-state index in [2.05, 4.69) is 5.32 Å². The van der Waals surface area contributed by atoms with Gasteiger partial charge >= 0.3 is 5.97 Å². The first-order chi connectivity index (χ1) is 10.3. The molecule has 1 rings (SSSR count). The van der Waals surface area contributed by atoms with Gasteiger partial charge in [0.2, 0.25) is 0 Å². The molecule has 0 bridgehead atoms. The van der Waals surface area contributed by atoms with Crippen LogP contribution >= 0.6 is 0 Å². The Bertz CT molecular complexity index is 539. The first-order valence-corrected chi connectivity index (χ1v) is 7.14. The molecule has 6 heteroatoms. The third-order valence-corrected chi connectivity index (χ3v) is 3.14. The number of hydrogen-bond acceptors (Lipinski definition) is 4. The van der Waals surface area contributed by atoms with Crippen molar-refractivity contribution in [2.45, 2.75) is 39.2 Å². The number of carboxylic acid groups (broad SMARTS) is 1. The van der Waals surface area contributed by atoms with Gasteiger partial charge in [-0.3, -0.25) is 9.59 Å². The minimum Gasteiger partial charge on any atom is -0.493 e. The lowest BCUT2D eigenvalue weighted by molar-refractivity contribution is -0.137. The van der Waals surface area contributed by atoms with E-state index in [0.29, 0.717) is 30.1 Å². The molecule has 0 saturated heterocycles. The van der Waals surface area contributed by atoms with Crippen LogP contribution in [0.3, 0.4) is 0 Å². The van der Waals surface area contributed by atoms with Gasteiger partial charge < -0.3 is 19.9 Å². The number of ether oxygens (including phenoxy) is 2. The molecule has 2 N–H and O–H groups in total. The van der Waals surface area contributed by atoms with Gasteiger partial charge in [-0.15, -0.1) is 0 Å². The number of benzene rings is 1. The van der Waals surface area contributed by atoms with E-state index >= 15 is 0 Å². The number of rotatable bonds is 8. The second kappa shape index (κ2) is 7.68. The quantitative estimate of drug-likeness (QED) is 0.770. The van der Waals surface area contributed by atoms with E-state index in [1.165, 1.54) is 7.11 Å². The van der Waals surface area contributed by atoms with Crippen molar-refractivity contribution in [2.75, 3.05) is 13.7 Å². The molecule has 1 aromatic carbocycles. The van der Waals surface area contributed by atoms with E-state index in [-0.39, 0.29) is 12.3 Å². The fraction of sp³-hybridized carbons (Fsp3) is 0.500. The van der Waals surface area contributed by atoms with Crippen LogP contribution < -0.4 is 14.8 Å². The molecular formula is C16H23NO5. The Hall–Kier alpha value is -2.24. The van der Waals surface area contributed by atoms with Gasteiger partial charge in [0.05, 0.1) is 13.7 Å². The summed E-state index contributed by atoms with van der Waals surface area (Å²) < 4.78 is 10.6. The largest absolute Gasteiger partial charge is 0.493 e. The maximum atomic E-state index is 12.3. The van der Waals surface area contributed by atoms with Gasteiger partial charge in [0.15, 0.2) is 11.5 Å². The highest BCUT2D eigenvalue weighted by Crippen LogP contribution is 2.28. The summed E-state index contributed by atoms with van der Waals surface area (Å²) >= 11 is 0. The molecule has 0 atom stereocenters. The predicted molar refractivity (Wildman–Crippen MR) is 82.6 cm³/mol. The van der Waals surface area contributed by atoms with Crippen molar-refractivity contribution in [3.63, 3.8) is 0 Å². The van der Waals surface area contributed by atoms with Crippen LogP contribution in [0, 0.1) is 0 Å². The maximum absolute atomic E-state index is 12.3. The molecule has 22 heavy (non-hydrogen) atoms. The molecule has 0 aromatic heterocycles. The maximum Gasteiger partial charge on any atom is 0.303 e. The number of methoxy groups -OCH3 is 1. The monoisotopic (exact) mass is 309 g/mol. The van der Waals surface area contributed by atoms with Gasteiger partial charge in [-0.25, -0.2) is 0 Å². The third kappa shape index (κ3) is 5.27. The molecule has 1 aromatic rings. The van der Waals surface area contributed by atoms with Crippen LogP contribution in [-0.2, 0) is 4.79 Å². The van der Waals surface area contributed by atoms with Gasteiger partial charge in [-0.2, -0.15) is 0 Å². The van der Waals surface area contributed by atoms with E-state index in [1.54, 1.807) is 32.0 Å². The van der Waals surface area contributed by atoms with Crippen molar-refractivity contribution in [1.29, 1.82) is 0 Å². The van der Waals surface area contributed by atoms with Crippen molar-refractivity contribution in [2.24, 2.45) is 0 Å². The smallest absolute Gasteiger partial charge is 0.303 e. The number of hydrogen-bond donors (Lipinski definition) is 2. The van der Waals surface area contributed by atoms with Crippen molar-refractivity contribution in [3.05, 3.63) is 23.8 Å². The normalized spacial score (nSPS) is 10.9. The predicted octanol–water partition coefficient (Wildman–Crippen LogP) is 2.47. The molecular weight excluding hydrogens is 286 g/mol. The summed E-state index contributed by atoms with van der Waals surface area (Å²) in [6.45, 7) is 5.95. The molecule has 0 radical (unpaired) electrons. The van der Waals surface area contributed by atoms with E-state index < -0.39 is 11.5 Å². The zero-order valence-corrected chi connectivity index (χ0v) is 13.4. The Morgan fingerprint density at radius 2 is 1.95 bits per heavy atom. The van der Waals surface area contributed by atoms with E-state index in [9.17, 15) is 9.59 Å². The van der Waals surface area contributed by atoms with Gasteiger partial charge in [0.25, 0.3) is 5.91 Å². The Morgan fingerprint density at radius 1 is 1.27 bits per heavy atom. The zero-order chi connectivity index (χ0) is 16.8. The van der Waals surface area contributed by atoms with Gasteiger partial charge in [-0.1, -0.05) is 0 Å². The van der Waals surface area contributed by atoms with Crippen LogP contribution in [0.4, 0.5) is 0 Å². The van der Waals surface area contributed by atoms with E-state index in [0.717, 1.165) is 0 Å². The number of amides is 1. The number of nitrogens with one attached hydrogen (secondary N) is 1. The molecule has 0 aliphatic carbocycles. The first-order valence-electron chi connectivity index (χ1n) is 7.14. The van der Waals surface area contributed by atoms with Crippen molar-refractivity contribution in [1.82, 2.24) is 5.32 Å². The lowest BCUT2D eigenvalue weighted by Gasteiger charge is -2.25. The minimum absolute atomic E-state index is 0.000120. The number of carbonyl (C=O) groups excluding carboxylic acids is 1. The second-order valence-corrected chi connectivity index (χ2v) is 5.53. The SMILES string of the molecule is CCOc1ccc(C(=O)NC(C)(C)CCC(=O)O)cc1OC. The molecule has 6 nitrogen and oxygen atoms in total. The Labute approximate surface area is 130 Å². The van der Waals surface area contributed by atoms with E-state index in [4.69, 9.17) is 14.6 Å². The molecule has 0 unspecified atom stereocenters. The molecule has 122 valence electrons. The van der Waals surface area contributed by atoms with Gasteiger partial charge in [0.1, 0.15) is 0 Å². The van der Waals surface area contributed by atoms with Crippen LogP contribution in [0.1, 0.15) is 44.0 Å². The fourth-order valence-corrected chi connectivity index (χ4v) is 1.95. The Morgan fingerprint density at radius 3 is 2.50 bits per heavy atom. The average Bonchev–Trinajstić information content (AvgIpc) is 2.45. The summed E-state index contributed by atoms with van der Waals surface area (Å²) in [6.07, 6.45) is 0.349. The molecule has 0 saturated carbocycles. The van der Waals surface area contributed by atoms with Crippen LogP contribution in [-0.4, -0.2) is 36.2 Å². The highest BCUT2D eigenvalue weighted by Gasteiger charge is 2.22. The highest BCUT2D eigenvalue weighted by molar-refractivity contribution is 5.95. The minimum atomic E-state index is -0.884. The van der Waals surface area contributed by atoms with Gasteiger partial charge in [-0.05, 0) is 45.4 Å². The van der Waals surface area contributed by atoms with Gasteiger partial charge in [0, 0.05) is 17.5 Å². The second-order valence-electron chi connectivity index (χ2n) is 5.53. The summed E-state index contributed by atoms with van der Waals surface area (Å²) in [6, 6.07) is 4.94. The summed E-state index contributed by atoms with van der Waals surface area (Å²) in [5, 5.41) is 11.6. The van der Waals surface area contributed by atoms with Crippen molar-refractivity contribution in [3.8, 4) is 11.5 Å². The highest BCUT2D eigenvalue weighted by atomic mass is 16.5. The molecule has 0 spiro atoms. The summed E-state index contributed by atoms with van der Waals surface area (Å²) in [4.78, 5) is 22.9. The summed E-state index contributed by atoms with van der Waals surface area (Å²) in [5.41, 5.74) is -0.176. The fourth-order valence-electron chi connectivity index (χ4n) is 1.95. The molecule has 0 aliphatic rings. The lowest BCUT2D eigenvalue weighted by Crippen LogP contribution is -2.43. The van der Waals surface area contributed by atoms with Crippen molar-refractivity contribution < 1.29 is 24.2 Å². The topological polar surface area (TPSA) is 84.9 Å². The molecule has 1 amide bonds. The molecule has 0 heterocycles. The number of aliphatic carboxylic acids is 1. The van der Waals surface area contributed by atoms with Crippen LogP contribution in [0.25, 0.3) is 0 Å². The van der Waals surface area contributed by atoms with Crippen LogP contribution in [0.5, 0.6) is 11.5 Å². The summed E-state index contributed by atoms with van der Waals surface area (Å²) in [7, 11) is 1.51. The van der Waals surface area contributed by atoms with E-state index in [1.807, 2.05) is 6.92 Å². The molecule has 0 fully saturated rings. The number of carboxylic acids is 1. The zero-order valence-electron chi connectivity index (χ0n) is 13.4. The Balaban J connectivity index is 2.82. The lowest BCUT2D eigenvalue weighted by atomic mass is 9.97. The average molecular weight is 309 g/mol. The first kappa shape index (κ1) is 17.8. The van der Waals surface area contributed by atoms with Crippen LogP contribution in [0.15, 0.2) is 18.2 Å². The number of carbonyl (C=O) groups is 2. The third-order valence-electron chi connectivity index (χ3n) is 3.14. The Kier molecular flexibility index (Phi) is 6.22.